The molecule has 1 fully saturated rings. The number of nitriles is 1. The lowest BCUT2D eigenvalue weighted by Crippen LogP contribution is -2.55. The predicted octanol–water partition coefficient (Wildman–Crippen LogP) is 6.18. The second-order valence-electron chi connectivity index (χ2n) is 11.2. The second-order valence-corrected chi connectivity index (χ2v) is 11.6. The van der Waals surface area contributed by atoms with Crippen molar-refractivity contribution in [1.82, 2.24) is 9.80 Å². The number of carbonyl (C=O) groups is 3. The Hall–Kier alpha value is -4.46. The normalized spacial score (nSPS) is 19.4. The molecule has 11 heteroatoms. The van der Waals surface area contributed by atoms with Crippen LogP contribution < -0.4 is 4.90 Å². The van der Waals surface area contributed by atoms with E-state index >= 15 is 0 Å². The van der Waals surface area contributed by atoms with Gasteiger partial charge in [0, 0.05) is 60.6 Å². The Kier molecular flexibility index (Phi) is 9.14. The van der Waals surface area contributed by atoms with Crippen molar-refractivity contribution in [2.24, 2.45) is 5.92 Å². The summed E-state index contributed by atoms with van der Waals surface area (Å²) in [6, 6.07) is 20.1. The van der Waals surface area contributed by atoms with E-state index in [0.29, 0.717) is 48.9 Å². The zero-order chi connectivity index (χ0) is 32.5. The van der Waals surface area contributed by atoms with Crippen molar-refractivity contribution in [3.05, 3.63) is 111 Å². The van der Waals surface area contributed by atoms with E-state index in [-0.39, 0.29) is 17.0 Å². The molecule has 7 nitrogen and oxygen atoms in total. The minimum absolute atomic E-state index is 0.0880. The lowest BCUT2D eigenvalue weighted by molar-refractivity contribution is -0.144. The largest absolute Gasteiger partial charge is 0.416 e. The molecule has 0 aliphatic carbocycles. The van der Waals surface area contributed by atoms with Crippen LogP contribution in [0.3, 0.4) is 0 Å². The van der Waals surface area contributed by atoms with Gasteiger partial charge in [0.1, 0.15) is 5.92 Å². The van der Waals surface area contributed by atoms with E-state index in [2.05, 4.69) is 4.90 Å². The number of allylic oxidation sites excluding steroid dienone is 2. The van der Waals surface area contributed by atoms with Crippen molar-refractivity contribution in [2.45, 2.75) is 32.5 Å². The lowest BCUT2D eigenvalue weighted by Gasteiger charge is -2.42. The molecule has 232 valence electrons. The highest BCUT2D eigenvalue weighted by atomic mass is 35.5. The van der Waals surface area contributed by atoms with Crippen LogP contribution >= 0.6 is 11.6 Å². The summed E-state index contributed by atoms with van der Waals surface area (Å²) in [5, 5.41) is 9.95. The number of alkyl halides is 3. The Labute approximate surface area is 264 Å². The van der Waals surface area contributed by atoms with Crippen molar-refractivity contribution in [1.29, 1.82) is 5.26 Å². The van der Waals surface area contributed by atoms with E-state index in [9.17, 15) is 32.8 Å². The summed E-state index contributed by atoms with van der Waals surface area (Å²) < 4.78 is 41.0. The summed E-state index contributed by atoms with van der Waals surface area (Å²) >= 11 is 6.00. The number of carbonyl (C=O) groups excluding carboxylic acids is 3. The molecule has 2 unspecified atom stereocenters. The standard InChI is InChI=1S/C34H30ClF3N4O3/c1-21-29(22(2)43)30(25-10-6-23(19-39)7-11-25)31(33(45)42(21)28-5-3-4-26(18-28)34(36,37)38)32(44)41-16-14-40(15-17-41)20-24-8-12-27(35)13-9-24/h3-13,18,30-31H,14-17,20H2,1-2H3. The van der Waals surface area contributed by atoms with Crippen LogP contribution in [-0.2, 0) is 27.1 Å². The number of hydrogen-bond donors (Lipinski definition) is 0. The summed E-state index contributed by atoms with van der Waals surface area (Å²) in [6.45, 7) is 5.16. The van der Waals surface area contributed by atoms with Crippen molar-refractivity contribution in [3.8, 4) is 6.07 Å². The number of halogens is 4. The molecular formula is C34H30ClF3N4O3. The molecule has 2 atom stereocenters. The predicted molar refractivity (Wildman–Crippen MR) is 163 cm³/mol. The summed E-state index contributed by atoms with van der Waals surface area (Å²) in [6.07, 6.45) is -4.66. The lowest BCUT2D eigenvalue weighted by atomic mass is 9.73. The molecule has 0 spiro atoms. The Morgan fingerprint density at radius 3 is 2.20 bits per heavy atom. The summed E-state index contributed by atoms with van der Waals surface area (Å²) in [5.41, 5.74) is 1.15. The van der Waals surface area contributed by atoms with E-state index in [1.165, 1.54) is 26.0 Å². The number of ketones is 1. The number of anilines is 1. The maximum atomic E-state index is 14.4. The van der Waals surface area contributed by atoms with Crippen LogP contribution in [0.2, 0.25) is 5.02 Å². The van der Waals surface area contributed by atoms with E-state index in [1.54, 1.807) is 29.2 Å². The van der Waals surface area contributed by atoms with Gasteiger partial charge in [-0.1, -0.05) is 41.9 Å². The van der Waals surface area contributed by atoms with Crippen LogP contribution in [0.1, 0.15) is 42.0 Å². The Bertz CT molecular complexity index is 1690. The van der Waals surface area contributed by atoms with Crippen molar-refractivity contribution >= 4 is 34.9 Å². The first-order valence-electron chi connectivity index (χ1n) is 14.4. The van der Waals surface area contributed by atoms with Gasteiger partial charge in [-0.25, -0.2) is 0 Å². The molecule has 0 N–H and O–H groups in total. The molecular weight excluding hydrogens is 605 g/mol. The van der Waals surface area contributed by atoms with Gasteiger partial charge in [0.15, 0.2) is 5.78 Å². The molecule has 45 heavy (non-hydrogen) atoms. The fraction of sp³-hybridized carbons (Fsp3) is 0.294. The first kappa shape index (κ1) is 31.9. The van der Waals surface area contributed by atoms with Crippen LogP contribution in [-0.4, -0.2) is 53.6 Å². The average Bonchev–Trinajstić information content (AvgIpc) is 3.01. The average molecular weight is 635 g/mol. The molecule has 2 heterocycles. The molecule has 1 saturated heterocycles. The zero-order valence-electron chi connectivity index (χ0n) is 24.6. The highest BCUT2D eigenvalue weighted by Gasteiger charge is 2.49. The third kappa shape index (κ3) is 6.65. The van der Waals surface area contributed by atoms with Gasteiger partial charge in [0.25, 0.3) is 0 Å². The van der Waals surface area contributed by atoms with Gasteiger partial charge < -0.3 is 4.90 Å². The number of Topliss-reactive ketones (excluding diaryl/α,β-unsaturated/α-hetero) is 1. The third-order valence-electron chi connectivity index (χ3n) is 8.34. The van der Waals surface area contributed by atoms with Gasteiger partial charge >= 0.3 is 6.18 Å². The highest BCUT2D eigenvalue weighted by molar-refractivity contribution is 6.30. The fourth-order valence-electron chi connectivity index (χ4n) is 6.12. The minimum Gasteiger partial charge on any atom is -0.339 e. The summed E-state index contributed by atoms with van der Waals surface area (Å²) in [7, 11) is 0. The molecule has 0 aromatic heterocycles. The third-order valence-corrected chi connectivity index (χ3v) is 8.59. The Morgan fingerprint density at radius 2 is 1.62 bits per heavy atom. The van der Waals surface area contributed by atoms with Gasteiger partial charge in [0.05, 0.1) is 17.2 Å². The zero-order valence-corrected chi connectivity index (χ0v) is 25.4. The summed E-state index contributed by atoms with van der Waals surface area (Å²) in [4.78, 5) is 46.8. The number of rotatable bonds is 6. The van der Waals surface area contributed by atoms with E-state index < -0.39 is 41.2 Å². The monoisotopic (exact) mass is 634 g/mol. The number of amides is 2. The molecule has 2 aliphatic heterocycles. The number of piperazine rings is 1. The number of nitrogens with zero attached hydrogens (tertiary/aromatic N) is 4. The van der Waals surface area contributed by atoms with Gasteiger partial charge in [0.2, 0.25) is 11.8 Å². The molecule has 3 aromatic rings. The van der Waals surface area contributed by atoms with Gasteiger partial charge in [-0.2, -0.15) is 18.4 Å². The molecule has 2 aliphatic rings. The van der Waals surface area contributed by atoms with Crippen molar-refractivity contribution < 1.29 is 27.6 Å². The van der Waals surface area contributed by atoms with E-state index in [0.717, 1.165) is 22.6 Å². The van der Waals surface area contributed by atoms with Gasteiger partial charge in [-0.05, 0) is 67.4 Å². The highest BCUT2D eigenvalue weighted by Crippen LogP contribution is 2.44. The number of benzene rings is 3. The van der Waals surface area contributed by atoms with Crippen LogP contribution in [0.15, 0.2) is 84.1 Å². The summed E-state index contributed by atoms with van der Waals surface area (Å²) in [5.74, 6) is -4.07. The van der Waals surface area contributed by atoms with E-state index in [4.69, 9.17) is 11.6 Å². The van der Waals surface area contributed by atoms with Crippen molar-refractivity contribution in [3.63, 3.8) is 0 Å². The number of hydrogen-bond acceptors (Lipinski definition) is 5. The SMILES string of the molecule is CC(=O)C1=C(C)N(c2cccc(C(F)(F)F)c2)C(=O)C(C(=O)N2CCN(Cc3ccc(Cl)cc3)CC2)C1c1ccc(C#N)cc1. The molecule has 2 amide bonds. The topological polar surface area (TPSA) is 84.7 Å². The maximum absolute atomic E-state index is 14.4. The molecule has 0 saturated carbocycles. The van der Waals surface area contributed by atoms with Crippen LogP contribution in [0.5, 0.6) is 0 Å². The molecule has 5 rings (SSSR count). The molecule has 3 aromatic carbocycles. The molecule has 0 radical (unpaired) electrons. The van der Waals surface area contributed by atoms with Crippen LogP contribution in [0.4, 0.5) is 18.9 Å². The van der Waals surface area contributed by atoms with Crippen molar-refractivity contribution in [2.75, 3.05) is 31.1 Å². The smallest absolute Gasteiger partial charge is 0.339 e. The fourth-order valence-corrected chi connectivity index (χ4v) is 6.24. The van der Waals surface area contributed by atoms with Crippen LogP contribution in [0, 0.1) is 17.2 Å². The Morgan fingerprint density at radius 1 is 0.978 bits per heavy atom. The Balaban J connectivity index is 1.53. The van der Waals surface area contributed by atoms with Gasteiger partial charge in [-0.15, -0.1) is 0 Å². The minimum atomic E-state index is -4.66. The maximum Gasteiger partial charge on any atom is 0.416 e. The second kappa shape index (κ2) is 12.9. The van der Waals surface area contributed by atoms with Crippen LogP contribution in [0.25, 0.3) is 0 Å². The van der Waals surface area contributed by atoms with E-state index in [1.807, 2.05) is 30.3 Å². The molecule has 0 bridgehead atoms. The van der Waals surface area contributed by atoms with Gasteiger partial charge in [-0.3, -0.25) is 24.2 Å². The first-order chi connectivity index (χ1) is 21.4. The first-order valence-corrected chi connectivity index (χ1v) is 14.8. The quantitative estimate of drug-likeness (QED) is 0.302.